The van der Waals surface area contributed by atoms with Gasteiger partial charge < -0.3 is 24.8 Å². The molecule has 200 valence electrons. The van der Waals surface area contributed by atoms with Crippen molar-refractivity contribution in [1.29, 1.82) is 0 Å². The summed E-state index contributed by atoms with van der Waals surface area (Å²) < 4.78 is 10.6. The fourth-order valence-corrected chi connectivity index (χ4v) is 5.44. The van der Waals surface area contributed by atoms with Gasteiger partial charge in [-0.2, -0.15) is 0 Å². The number of non-ortho nitro benzene ring substituents is 1. The molecule has 2 aromatic rings. The van der Waals surface area contributed by atoms with Crippen molar-refractivity contribution >= 4 is 35.4 Å². The topological polar surface area (TPSA) is 148 Å². The van der Waals surface area contributed by atoms with E-state index in [1.165, 1.54) is 40.9 Å². The van der Waals surface area contributed by atoms with E-state index >= 15 is 0 Å². The van der Waals surface area contributed by atoms with E-state index in [9.17, 15) is 29.6 Å². The van der Waals surface area contributed by atoms with Crippen LogP contribution in [0.5, 0.6) is 0 Å². The van der Waals surface area contributed by atoms with Crippen molar-refractivity contribution in [2.24, 2.45) is 5.92 Å². The van der Waals surface area contributed by atoms with Gasteiger partial charge in [-0.15, -0.1) is 11.8 Å². The molecule has 0 saturated carbocycles. The van der Waals surface area contributed by atoms with Crippen molar-refractivity contribution < 1.29 is 33.9 Å². The van der Waals surface area contributed by atoms with Crippen LogP contribution >= 0.6 is 11.8 Å². The Balaban J connectivity index is 1.30. The van der Waals surface area contributed by atoms with Gasteiger partial charge in [-0.1, -0.05) is 30.3 Å². The molecule has 2 aliphatic rings. The lowest BCUT2D eigenvalue weighted by Gasteiger charge is -2.44. The third-order valence-corrected chi connectivity index (χ3v) is 7.38. The number of hydrogen-bond acceptors (Lipinski definition) is 9. The summed E-state index contributed by atoms with van der Waals surface area (Å²) in [7, 11) is 0. The van der Waals surface area contributed by atoms with Crippen LogP contribution in [0.15, 0.2) is 65.2 Å². The number of carbonyl (C=O) groups is 3. The Morgan fingerprint density at radius 3 is 2.45 bits per heavy atom. The standard InChI is InChI=1S/C26H27N3O8S/c1-16(30)22-20-13-21(23(28(20)24(22)31)25(32)36-14-17-5-3-2-4-6-17)38-12-11-27-26(33)37-15-18-7-9-19(10-8-18)29(34)35/h2-10,16,20,22,30H,11-15H2,1H3,(H,27,33)/t16-,20?,22?/m1/s1. The number of thioether (sulfide) groups is 1. The van der Waals surface area contributed by atoms with Gasteiger partial charge in [-0.05, 0) is 30.2 Å². The predicted octanol–water partition coefficient (Wildman–Crippen LogP) is 3.12. The van der Waals surface area contributed by atoms with Crippen molar-refractivity contribution in [2.45, 2.75) is 38.7 Å². The monoisotopic (exact) mass is 541 g/mol. The Morgan fingerprint density at radius 1 is 1.13 bits per heavy atom. The van der Waals surface area contributed by atoms with E-state index in [1.54, 1.807) is 6.92 Å². The second-order valence-corrected chi connectivity index (χ2v) is 10.0. The molecule has 2 N–H and O–H groups in total. The van der Waals surface area contributed by atoms with E-state index in [1.807, 2.05) is 30.3 Å². The maximum absolute atomic E-state index is 13.0. The van der Waals surface area contributed by atoms with Crippen molar-refractivity contribution in [3.63, 3.8) is 0 Å². The van der Waals surface area contributed by atoms with Crippen molar-refractivity contribution in [2.75, 3.05) is 12.3 Å². The van der Waals surface area contributed by atoms with Gasteiger partial charge in [0, 0.05) is 35.8 Å². The maximum Gasteiger partial charge on any atom is 0.407 e. The molecule has 2 aliphatic heterocycles. The Hall–Kier alpha value is -3.90. The number of amides is 2. The van der Waals surface area contributed by atoms with Crippen LogP contribution in [-0.2, 0) is 32.3 Å². The number of nitro benzene ring substituents is 1. The van der Waals surface area contributed by atoms with Gasteiger partial charge in [-0.3, -0.25) is 14.9 Å². The molecule has 2 unspecified atom stereocenters. The zero-order valence-corrected chi connectivity index (χ0v) is 21.4. The fourth-order valence-electron chi connectivity index (χ4n) is 4.38. The van der Waals surface area contributed by atoms with E-state index in [-0.39, 0.29) is 43.1 Å². The maximum atomic E-state index is 13.0. The quantitative estimate of drug-likeness (QED) is 0.144. The van der Waals surface area contributed by atoms with Crippen molar-refractivity contribution in [3.8, 4) is 0 Å². The molecule has 2 aromatic carbocycles. The number of carbonyl (C=O) groups excluding carboxylic acids is 3. The number of alkyl carbamates (subject to hydrolysis) is 1. The first-order chi connectivity index (χ1) is 18.3. The number of hydrogen-bond donors (Lipinski definition) is 2. The highest BCUT2D eigenvalue weighted by Gasteiger charge is 2.57. The summed E-state index contributed by atoms with van der Waals surface area (Å²) in [5, 5.41) is 23.4. The number of rotatable bonds is 11. The number of aliphatic hydroxyl groups excluding tert-OH is 1. The summed E-state index contributed by atoms with van der Waals surface area (Å²) in [4.78, 5) is 50.0. The number of fused-ring (bicyclic) bond motifs is 1. The lowest BCUT2D eigenvalue weighted by atomic mass is 9.83. The molecule has 12 heteroatoms. The van der Waals surface area contributed by atoms with E-state index in [0.29, 0.717) is 22.6 Å². The van der Waals surface area contributed by atoms with Crippen LogP contribution in [0.3, 0.4) is 0 Å². The molecule has 2 amide bonds. The van der Waals surface area contributed by atoms with Crippen LogP contribution in [0.25, 0.3) is 0 Å². The molecule has 0 aliphatic carbocycles. The molecule has 1 fully saturated rings. The summed E-state index contributed by atoms with van der Waals surface area (Å²) >= 11 is 1.34. The van der Waals surface area contributed by atoms with Gasteiger partial charge >= 0.3 is 12.1 Å². The van der Waals surface area contributed by atoms with Crippen LogP contribution in [0.1, 0.15) is 24.5 Å². The minimum Gasteiger partial charge on any atom is -0.456 e. The average molecular weight is 542 g/mol. The van der Waals surface area contributed by atoms with Crippen LogP contribution < -0.4 is 5.32 Å². The van der Waals surface area contributed by atoms with Crippen molar-refractivity contribution in [3.05, 3.63) is 86.4 Å². The highest BCUT2D eigenvalue weighted by molar-refractivity contribution is 8.03. The highest BCUT2D eigenvalue weighted by Crippen LogP contribution is 2.47. The second-order valence-electron chi connectivity index (χ2n) is 8.85. The van der Waals surface area contributed by atoms with Crippen LogP contribution in [0.4, 0.5) is 10.5 Å². The second kappa shape index (κ2) is 12.1. The summed E-state index contributed by atoms with van der Waals surface area (Å²) in [6, 6.07) is 14.6. The van der Waals surface area contributed by atoms with E-state index in [4.69, 9.17) is 9.47 Å². The lowest BCUT2D eigenvalue weighted by molar-refractivity contribution is -0.384. The van der Waals surface area contributed by atoms with Crippen molar-refractivity contribution in [1.82, 2.24) is 10.2 Å². The number of nitrogens with one attached hydrogen (secondary N) is 1. The SMILES string of the molecule is C[C@@H](O)C1C(=O)N2C(C(=O)OCc3ccccc3)=C(SCCNC(=O)OCc3ccc([N+](=O)[O-])cc3)CC12. The molecule has 38 heavy (non-hydrogen) atoms. The van der Waals surface area contributed by atoms with Gasteiger partial charge in [0.2, 0.25) is 5.91 Å². The minimum atomic E-state index is -0.832. The highest BCUT2D eigenvalue weighted by atomic mass is 32.2. The van der Waals surface area contributed by atoms with E-state index in [2.05, 4.69) is 5.32 Å². The number of β-lactam (4-membered cyclic amide) rings is 1. The number of aliphatic hydroxyl groups is 1. The third-order valence-electron chi connectivity index (χ3n) is 6.26. The van der Waals surface area contributed by atoms with E-state index in [0.717, 1.165) is 5.56 Å². The largest absolute Gasteiger partial charge is 0.456 e. The molecule has 0 aromatic heterocycles. The molecular weight excluding hydrogens is 514 g/mol. The van der Waals surface area contributed by atoms with Gasteiger partial charge in [0.25, 0.3) is 5.69 Å². The third kappa shape index (κ3) is 6.14. The summed E-state index contributed by atoms with van der Waals surface area (Å²) in [6.45, 7) is 1.82. The average Bonchev–Trinajstić information content (AvgIpc) is 3.23. The Kier molecular flexibility index (Phi) is 8.64. The van der Waals surface area contributed by atoms with Crippen LogP contribution in [0.2, 0.25) is 0 Å². The first-order valence-corrected chi connectivity index (χ1v) is 13.0. The number of nitro groups is 1. The Labute approximate surface area is 222 Å². The molecule has 0 spiro atoms. The molecule has 1 saturated heterocycles. The van der Waals surface area contributed by atoms with Gasteiger partial charge in [-0.25, -0.2) is 9.59 Å². The smallest absolute Gasteiger partial charge is 0.407 e. The summed E-state index contributed by atoms with van der Waals surface area (Å²) in [5.74, 6) is -1.07. The summed E-state index contributed by atoms with van der Waals surface area (Å²) in [5.41, 5.74) is 1.57. The minimum absolute atomic E-state index is 0.0426. The fraction of sp³-hybridized carbons (Fsp3) is 0.346. The van der Waals surface area contributed by atoms with Crippen LogP contribution in [-0.4, -0.2) is 57.3 Å². The molecule has 4 rings (SSSR count). The van der Waals surface area contributed by atoms with E-state index < -0.39 is 29.0 Å². The summed E-state index contributed by atoms with van der Waals surface area (Å²) in [6.07, 6.45) is -1.06. The predicted molar refractivity (Wildman–Crippen MR) is 137 cm³/mol. The number of benzene rings is 2. The Bertz CT molecular complexity index is 1230. The normalized spacial score (nSPS) is 18.9. The molecular formula is C26H27N3O8S. The first kappa shape index (κ1) is 27.1. The molecule has 3 atom stereocenters. The zero-order chi connectivity index (χ0) is 27.2. The number of esters is 1. The molecule has 0 radical (unpaired) electrons. The number of ether oxygens (including phenoxy) is 2. The molecule has 0 bridgehead atoms. The van der Waals surface area contributed by atoms with Gasteiger partial charge in [0.15, 0.2) is 0 Å². The number of nitrogens with zero attached hydrogens (tertiary/aromatic N) is 2. The van der Waals surface area contributed by atoms with Crippen LogP contribution in [0, 0.1) is 16.0 Å². The molecule has 2 heterocycles. The van der Waals surface area contributed by atoms with Gasteiger partial charge in [0.05, 0.1) is 23.0 Å². The molecule has 11 nitrogen and oxygen atoms in total. The zero-order valence-electron chi connectivity index (χ0n) is 20.6. The lowest BCUT2D eigenvalue weighted by Crippen LogP contribution is -2.61. The van der Waals surface area contributed by atoms with Gasteiger partial charge in [0.1, 0.15) is 18.9 Å². The first-order valence-electron chi connectivity index (χ1n) is 12.0. The Morgan fingerprint density at radius 2 is 1.79 bits per heavy atom.